The molecule has 0 atom stereocenters. The Kier molecular flexibility index (Phi) is 7.89. The van der Waals surface area contributed by atoms with Crippen LogP contribution in [0.2, 0.25) is 0 Å². The van der Waals surface area contributed by atoms with Gasteiger partial charge in [0.2, 0.25) is 5.91 Å². The van der Waals surface area contributed by atoms with E-state index in [0.717, 1.165) is 0 Å². The van der Waals surface area contributed by atoms with Crippen molar-refractivity contribution in [1.29, 1.82) is 0 Å². The molecule has 6 heteroatoms. The highest BCUT2D eigenvalue weighted by Crippen LogP contribution is 2.04. The topological polar surface area (TPSA) is 69.0 Å². The van der Waals surface area contributed by atoms with Gasteiger partial charge in [-0.05, 0) is 25.1 Å². The third-order valence-corrected chi connectivity index (χ3v) is 2.70. The first-order valence-corrected chi connectivity index (χ1v) is 6.82. The van der Waals surface area contributed by atoms with Gasteiger partial charge in [0.25, 0.3) is 0 Å². The first kappa shape index (κ1) is 17.0. The van der Waals surface area contributed by atoms with E-state index in [1.165, 1.54) is 12.3 Å². The SMILES string of the molecule is CCOC(=O)CCN(CCOC)C(=O)/C=C/c1ccco1. The maximum Gasteiger partial charge on any atom is 0.307 e. The molecular formula is C15H21NO5. The summed E-state index contributed by atoms with van der Waals surface area (Å²) in [6, 6.07) is 3.50. The standard InChI is InChI=1S/C15H21NO5/c1-3-20-15(18)8-9-16(10-12-19-2)14(17)7-6-13-5-4-11-21-13/h4-7,11H,3,8-10,12H2,1-2H3/b7-6+. The highest BCUT2D eigenvalue weighted by Gasteiger charge is 2.13. The number of rotatable bonds is 9. The molecule has 0 saturated heterocycles. The molecule has 0 aliphatic carbocycles. The first-order valence-electron chi connectivity index (χ1n) is 6.82. The maximum atomic E-state index is 12.1. The molecule has 0 saturated carbocycles. The van der Waals surface area contributed by atoms with Crippen LogP contribution >= 0.6 is 0 Å². The zero-order chi connectivity index (χ0) is 15.5. The van der Waals surface area contributed by atoms with Gasteiger partial charge in [0, 0.05) is 26.3 Å². The molecule has 116 valence electrons. The van der Waals surface area contributed by atoms with Crippen LogP contribution in [0.5, 0.6) is 0 Å². The first-order chi connectivity index (χ1) is 10.2. The number of methoxy groups -OCH3 is 1. The third kappa shape index (κ3) is 6.76. The molecule has 21 heavy (non-hydrogen) atoms. The number of nitrogens with zero attached hydrogens (tertiary/aromatic N) is 1. The molecule has 0 unspecified atom stereocenters. The summed E-state index contributed by atoms with van der Waals surface area (Å²) in [5, 5.41) is 0. The van der Waals surface area contributed by atoms with Gasteiger partial charge in [-0.1, -0.05) is 0 Å². The molecule has 0 spiro atoms. The van der Waals surface area contributed by atoms with Crippen molar-refractivity contribution in [3.05, 3.63) is 30.2 Å². The number of carbonyl (C=O) groups excluding carboxylic acids is 2. The Bertz CT molecular complexity index is 453. The van der Waals surface area contributed by atoms with Crippen LogP contribution in [0, 0.1) is 0 Å². The molecule has 1 aromatic rings. The van der Waals surface area contributed by atoms with Gasteiger partial charge in [0.15, 0.2) is 0 Å². The second-order valence-electron chi connectivity index (χ2n) is 4.22. The average Bonchev–Trinajstić information content (AvgIpc) is 2.98. The number of hydrogen-bond donors (Lipinski definition) is 0. The van der Waals surface area contributed by atoms with Crippen LogP contribution in [0.4, 0.5) is 0 Å². The fourth-order valence-corrected chi connectivity index (χ4v) is 1.64. The number of hydrogen-bond acceptors (Lipinski definition) is 5. The molecular weight excluding hydrogens is 274 g/mol. The highest BCUT2D eigenvalue weighted by atomic mass is 16.5. The minimum absolute atomic E-state index is 0.165. The number of ether oxygens (including phenoxy) is 2. The molecule has 1 rings (SSSR count). The molecule has 0 aliphatic rings. The Labute approximate surface area is 124 Å². The van der Waals surface area contributed by atoms with Gasteiger partial charge in [-0.3, -0.25) is 9.59 Å². The van der Waals surface area contributed by atoms with Gasteiger partial charge >= 0.3 is 5.97 Å². The van der Waals surface area contributed by atoms with E-state index in [0.29, 0.717) is 32.1 Å². The molecule has 0 radical (unpaired) electrons. The summed E-state index contributed by atoms with van der Waals surface area (Å²) in [5.41, 5.74) is 0. The zero-order valence-corrected chi connectivity index (χ0v) is 12.4. The normalized spacial score (nSPS) is 10.8. The summed E-state index contributed by atoms with van der Waals surface area (Å²) in [6.07, 6.45) is 4.71. The predicted molar refractivity (Wildman–Crippen MR) is 77.4 cm³/mol. The van der Waals surface area contributed by atoms with Crippen LogP contribution in [0.1, 0.15) is 19.1 Å². The smallest absolute Gasteiger partial charge is 0.307 e. The van der Waals surface area contributed by atoms with Crippen molar-refractivity contribution in [3.63, 3.8) is 0 Å². The quantitative estimate of drug-likeness (QED) is 0.512. The van der Waals surface area contributed by atoms with Crippen molar-refractivity contribution >= 4 is 18.0 Å². The van der Waals surface area contributed by atoms with E-state index in [4.69, 9.17) is 13.9 Å². The van der Waals surface area contributed by atoms with Gasteiger partial charge < -0.3 is 18.8 Å². The Balaban J connectivity index is 2.54. The Morgan fingerprint density at radius 3 is 2.81 bits per heavy atom. The monoisotopic (exact) mass is 295 g/mol. The largest absolute Gasteiger partial charge is 0.466 e. The van der Waals surface area contributed by atoms with Crippen LogP contribution in [0.15, 0.2) is 28.9 Å². The lowest BCUT2D eigenvalue weighted by molar-refractivity contribution is -0.143. The number of amides is 1. The molecule has 6 nitrogen and oxygen atoms in total. The van der Waals surface area contributed by atoms with Gasteiger partial charge in [-0.2, -0.15) is 0 Å². The van der Waals surface area contributed by atoms with E-state index < -0.39 is 0 Å². The van der Waals surface area contributed by atoms with E-state index in [1.807, 2.05) is 0 Å². The summed E-state index contributed by atoms with van der Waals surface area (Å²) in [4.78, 5) is 25.0. The van der Waals surface area contributed by atoms with Crippen LogP contribution in [0.25, 0.3) is 6.08 Å². The lowest BCUT2D eigenvalue weighted by Crippen LogP contribution is -2.34. The van der Waals surface area contributed by atoms with Crippen molar-refractivity contribution in [1.82, 2.24) is 4.90 Å². The summed E-state index contributed by atoms with van der Waals surface area (Å²) in [5.74, 6) is 0.0795. The second kappa shape index (κ2) is 9.77. The van der Waals surface area contributed by atoms with Crippen LogP contribution in [-0.4, -0.2) is 50.2 Å². The van der Waals surface area contributed by atoms with Gasteiger partial charge in [0.05, 0.1) is 25.9 Å². The molecule has 0 bridgehead atoms. The molecule has 1 amide bonds. The van der Waals surface area contributed by atoms with Crippen LogP contribution in [-0.2, 0) is 19.1 Å². The Morgan fingerprint density at radius 2 is 2.19 bits per heavy atom. The Hall–Kier alpha value is -2.08. The van der Waals surface area contributed by atoms with Crippen LogP contribution < -0.4 is 0 Å². The fourth-order valence-electron chi connectivity index (χ4n) is 1.64. The summed E-state index contributed by atoms with van der Waals surface area (Å²) >= 11 is 0. The second-order valence-corrected chi connectivity index (χ2v) is 4.22. The van der Waals surface area contributed by atoms with Crippen molar-refractivity contribution < 1.29 is 23.5 Å². The van der Waals surface area contributed by atoms with E-state index in [9.17, 15) is 9.59 Å². The molecule has 0 aromatic carbocycles. The van der Waals surface area contributed by atoms with E-state index in [2.05, 4.69) is 0 Å². The minimum Gasteiger partial charge on any atom is -0.466 e. The molecule has 0 aliphatic heterocycles. The van der Waals surface area contributed by atoms with E-state index in [-0.39, 0.29) is 18.3 Å². The zero-order valence-electron chi connectivity index (χ0n) is 12.4. The van der Waals surface area contributed by atoms with Crippen LogP contribution in [0.3, 0.4) is 0 Å². The number of carbonyl (C=O) groups is 2. The van der Waals surface area contributed by atoms with E-state index in [1.54, 1.807) is 37.1 Å². The summed E-state index contributed by atoms with van der Waals surface area (Å²) in [7, 11) is 1.56. The lowest BCUT2D eigenvalue weighted by atomic mass is 10.3. The van der Waals surface area contributed by atoms with E-state index >= 15 is 0 Å². The van der Waals surface area contributed by atoms with Gasteiger partial charge in [-0.15, -0.1) is 0 Å². The van der Waals surface area contributed by atoms with Crippen molar-refractivity contribution in [3.8, 4) is 0 Å². The van der Waals surface area contributed by atoms with Gasteiger partial charge in [-0.25, -0.2) is 0 Å². The molecule has 0 fully saturated rings. The fraction of sp³-hybridized carbons (Fsp3) is 0.467. The van der Waals surface area contributed by atoms with Crippen molar-refractivity contribution in [2.45, 2.75) is 13.3 Å². The number of furan rings is 1. The highest BCUT2D eigenvalue weighted by molar-refractivity contribution is 5.91. The Morgan fingerprint density at radius 1 is 1.38 bits per heavy atom. The number of esters is 1. The molecule has 1 aromatic heterocycles. The maximum absolute atomic E-state index is 12.1. The molecule has 0 N–H and O–H groups in total. The third-order valence-electron chi connectivity index (χ3n) is 2.70. The average molecular weight is 295 g/mol. The summed E-state index contributed by atoms with van der Waals surface area (Å²) < 4.78 is 14.9. The summed E-state index contributed by atoms with van der Waals surface area (Å²) in [6.45, 7) is 3.20. The molecule has 1 heterocycles. The predicted octanol–water partition coefficient (Wildman–Crippen LogP) is 1.72. The van der Waals surface area contributed by atoms with Crippen molar-refractivity contribution in [2.75, 3.05) is 33.4 Å². The van der Waals surface area contributed by atoms with Crippen molar-refractivity contribution in [2.24, 2.45) is 0 Å². The van der Waals surface area contributed by atoms with Gasteiger partial charge in [0.1, 0.15) is 5.76 Å². The minimum atomic E-state index is -0.317. The lowest BCUT2D eigenvalue weighted by Gasteiger charge is -2.20.